The number of benzene rings is 1. The van der Waals surface area contributed by atoms with Crippen molar-refractivity contribution in [2.45, 2.75) is 50.7 Å². The van der Waals surface area contributed by atoms with E-state index in [2.05, 4.69) is 18.2 Å². The summed E-state index contributed by atoms with van der Waals surface area (Å²) < 4.78 is 5.45. The van der Waals surface area contributed by atoms with Crippen molar-refractivity contribution in [3.63, 3.8) is 0 Å². The molecule has 1 saturated carbocycles. The highest BCUT2D eigenvalue weighted by Gasteiger charge is 2.36. The molecule has 0 aliphatic heterocycles. The number of methoxy groups -OCH3 is 1. The van der Waals surface area contributed by atoms with Gasteiger partial charge in [-0.25, -0.2) is 0 Å². The third-order valence-corrected chi connectivity index (χ3v) is 4.35. The summed E-state index contributed by atoms with van der Waals surface area (Å²) in [5, 5.41) is 10.3. The Morgan fingerprint density at radius 1 is 1.28 bits per heavy atom. The number of hydrogen-bond acceptors (Lipinski definition) is 2. The zero-order valence-electron chi connectivity index (χ0n) is 11.1. The molecule has 0 aromatic heterocycles. The molecule has 98 valence electrons. The van der Waals surface area contributed by atoms with Gasteiger partial charge in [-0.3, -0.25) is 0 Å². The van der Waals surface area contributed by atoms with Gasteiger partial charge in [-0.05, 0) is 54.7 Å². The fourth-order valence-corrected chi connectivity index (χ4v) is 3.20. The van der Waals surface area contributed by atoms with Gasteiger partial charge in [-0.2, -0.15) is 0 Å². The van der Waals surface area contributed by atoms with Gasteiger partial charge in [-0.15, -0.1) is 0 Å². The first-order chi connectivity index (χ1) is 8.78. The molecule has 1 N–H and O–H groups in total. The van der Waals surface area contributed by atoms with Crippen molar-refractivity contribution in [3.8, 4) is 0 Å². The molecule has 3 rings (SSSR count). The standard InChI is InChI=1S/C16H22O2/c1-18-16(13-7-8-13)15(17)10-11-5-6-12-3-2-4-14(12)9-11/h5-6,9,13,15-17H,2-4,7-8,10H2,1H3. The molecule has 2 heteroatoms. The van der Waals surface area contributed by atoms with Crippen molar-refractivity contribution in [3.05, 3.63) is 34.9 Å². The largest absolute Gasteiger partial charge is 0.390 e. The van der Waals surface area contributed by atoms with Gasteiger partial charge in [0.05, 0.1) is 12.2 Å². The van der Waals surface area contributed by atoms with E-state index in [1.165, 1.54) is 48.8 Å². The van der Waals surface area contributed by atoms with Crippen molar-refractivity contribution in [1.82, 2.24) is 0 Å². The Balaban J connectivity index is 1.68. The number of aliphatic hydroxyl groups excluding tert-OH is 1. The van der Waals surface area contributed by atoms with Crippen LogP contribution in [-0.2, 0) is 24.0 Å². The Bertz CT molecular complexity index is 423. The maximum Gasteiger partial charge on any atom is 0.0861 e. The molecular formula is C16H22O2. The number of aliphatic hydroxyl groups is 1. The maximum absolute atomic E-state index is 10.3. The van der Waals surface area contributed by atoms with Gasteiger partial charge >= 0.3 is 0 Å². The highest BCUT2D eigenvalue weighted by Crippen LogP contribution is 2.36. The Morgan fingerprint density at radius 3 is 2.78 bits per heavy atom. The van der Waals surface area contributed by atoms with E-state index < -0.39 is 0 Å². The zero-order valence-corrected chi connectivity index (χ0v) is 11.1. The van der Waals surface area contributed by atoms with Crippen LogP contribution in [-0.4, -0.2) is 24.4 Å². The lowest BCUT2D eigenvalue weighted by Gasteiger charge is -2.21. The van der Waals surface area contributed by atoms with Crippen molar-refractivity contribution in [1.29, 1.82) is 0 Å². The molecule has 1 fully saturated rings. The normalized spacial score (nSPS) is 21.7. The van der Waals surface area contributed by atoms with E-state index >= 15 is 0 Å². The van der Waals surface area contributed by atoms with E-state index in [0.717, 1.165) is 6.42 Å². The van der Waals surface area contributed by atoms with Crippen LogP contribution in [0.2, 0.25) is 0 Å². The minimum atomic E-state index is -0.359. The number of fused-ring (bicyclic) bond motifs is 1. The summed E-state index contributed by atoms with van der Waals surface area (Å²) >= 11 is 0. The molecule has 2 aliphatic carbocycles. The molecule has 2 aliphatic rings. The molecule has 2 atom stereocenters. The molecule has 0 spiro atoms. The van der Waals surface area contributed by atoms with E-state index in [9.17, 15) is 5.11 Å². The summed E-state index contributed by atoms with van der Waals surface area (Å²) in [4.78, 5) is 0. The summed E-state index contributed by atoms with van der Waals surface area (Å²) in [6.07, 6.45) is 6.52. The Morgan fingerprint density at radius 2 is 2.06 bits per heavy atom. The monoisotopic (exact) mass is 246 g/mol. The lowest BCUT2D eigenvalue weighted by atomic mass is 9.98. The Hall–Kier alpha value is -0.860. The van der Waals surface area contributed by atoms with Crippen LogP contribution in [0, 0.1) is 5.92 Å². The van der Waals surface area contributed by atoms with Gasteiger partial charge < -0.3 is 9.84 Å². The first kappa shape index (κ1) is 12.2. The zero-order chi connectivity index (χ0) is 12.5. The molecule has 0 radical (unpaired) electrons. The van der Waals surface area contributed by atoms with Crippen LogP contribution in [0.15, 0.2) is 18.2 Å². The summed E-state index contributed by atoms with van der Waals surface area (Å²) in [5.74, 6) is 0.583. The highest BCUT2D eigenvalue weighted by molar-refractivity contribution is 5.35. The smallest absolute Gasteiger partial charge is 0.0861 e. The van der Waals surface area contributed by atoms with Gasteiger partial charge in [-0.1, -0.05) is 18.2 Å². The molecule has 0 amide bonds. The topological polar surface area (TPSA) is 29.5 Å². The van der Waals surface area contributed by atoms with E-state index in [-0.39, 0.29) is 12.2 Å². The van der Waals surface area contributed by atoms with Crippen LogP contribution in [0.4, 0.5) is 0 Å². The summed E-state index contributed by atoms with van der Waals surface area (Å²) in [5.41, 5.74) is 4.24. The van der Waals surface area contributed by atoms with Crippen molar-refractivity contribution < 1.29 is 9.84 Å². The first-order valence-corrected chi connectivity index (χ1v) is 7.09. The van der Waals surface area contributed by atoms with Gasteiger partial charge in [0.2, 0.25) is 0 Å². The second-order valence-electron chi connectivity index (χ2n) is 5.77. The van der Waals surface area contributed by atoms with Crippen LogP contribution in [0.1, 0.15) is 36.0 Å². The third kappa shape index (κ3) is 2.45. The molecule has 0 saturated heterocycles. The minimum Gasteiger partial charge on any atom is -0.390 e. The van der Waals surface area contributed by atoms with Crippen LogP contribution in [0.5, 0.6) is 0 Å². The lowest BCUT2D eigenvalue weighted by Crippen LogP contribution is -2.31. The highest BCUT2D eigenvalue weighted by atomic mass is 16.5. The van der Waals surface area contributed by atoms with Crippen LogP contribution in [0.3, 0.4) is 0 Å². The van der Waals surface area contributed by atoms with E-state index in [1.807, 2.05) is 0 Å². The van der Waals surface area contributed by atoms with Crippen molar-refractivity contribution in [2.75, 3.05) is 7.11 Å². The SMILES string of the molecule is COC(C(O)Cc1ccc2c(c1)CCC2)C1CC1. The van der Waals surface area contributed by atoms with E-state index in [1.54, 1.807) is 7.11 Å². The summed E-state index contributed by atoms with van der Waals surface area (Å²) in [7, 11) is 1.72. The molecular weight excluding hydrogens is 224 g/mol. The second kappa shape index (κ2) is 5.02. The molecule has 1 aromatic carbocycles. The molecule has 2 nitrogen and oxygen atoms in total. The predicted octanol–water partition coefficient (Wildman–Crippen LogP) is 2.50. The minimum absolute atomic E-state index is 0.0262. The molecule has 2 unspecified atom stereocenters. The van der Waals surface area contributed by atoms with Crippen LogP contribution < -0.4 is 0 Å². The van der Waals surface area contributed by atoms with Gasteiger partial charge in [0.15, 0.2) is 0 Å². The van der Waals surface area contributed by atoms with Gasteiger partial charge in [0.25, 0.3) is 0 Å². The molecule has 1 aromatic rings. The first-order valence-electron chi connectivity index (χ1n) is 7.09. The number of ether oxygens (including phenoxy) is 1. The van der Waals surface area contributed by atoms with E-state index in [0.29, 0.717) is 5.92 Å². The second-order valence-corrected chi connectivity index (χ2v) is 5.77. The maximum atomic E-state index is 10.3. The predicted molar refractivity (Wildman–Crippen MR) is 71.7 cm³/mol. The summed E-state index contributed by atoms with van der Waals surface area (Å²) in [6.45, 7) is 0. The Kier molecular flexibility index (Phi) is 3.40. The van der Waals surface area contributed by atoms with E-state index in [4.69, 9.17) is 4.74 Å². The lowest BCUT2D eigenvalue weighted by molar-refractivity contribution is -0.0237. The Labute approximate surface area is 109 Å². The van der Waals surface area contributed by atoms with Crippen molar-refractivity contribution in [2.24, 2.45) is 5.92 Å². The average Bonchev–Trinajstić information content (AvgIpc) is 3.08. The third-order valence-electron chi connectivity index (χ3n) is 4.35. The number of hydrogen-bond donors (Lipinski definition) is 1. The van der Waals surface area contributed by atoms with Gasteiger partial charge in [0, 0.05) is 13.5 Å². The quantitative estimate of drug-likeness (QED) is 0.865. The fraction of sp³-hybridized carbons (Fsp3) is 0.625. The number of aryl methyl sites for hydroxylation is 2. The molecule has 0 bridgehead atoms. The molecule has 0 heterocycles. The number of rotatable bonds is 5. The average molecular weight is 246 g/mol. The van der Waals surface area contributed by atoms with Gasteiger partial charge in [0.1, 0.15) is 0 Å². The van der Waals surface area contributed by atoms with Crippen LogP contribution in [0.25, 0.3) is 0 Å². The summed E-state index contributed by atoms with van der Waals surface area (Å²) in [6, 6.07) is 6.70. The fourth-order valence-electron chi connectivity index (χ4n) is 3.20. The van der Waals surface area contributed by atoms with Crippen LogP contribution >= 0.6 is 0 Å². The molecule has 18 heavy (non-hydrogen) atoms. The van der Waals surface area contributed by atoms with Crippen molar-refractivity contribution >= 4 is 0 Å².